The van der Waals surface area contributed by atoms with Gasteiger partial charge in [0.15, 0.2) is 5.96 Å². The lowest BCUT2D eigenvalue weighted by Gasteiger charge is -2.36. The summed E-state index contributed by atoms with van der Waals surface area (Å²) in [6, 6.07) is 1.92. The van der Waals surface area contributed by atoms with Crippen molar-refractivity contribution in [3.63, 3.8) is 0 Å². The Labute approximate surface area is 191 Å². The van der Waals surface area contributed by atoms with E-state index in [1.165, 1.54) is 0 Å². The molecule has 1 aromatic rings. The third-order valence-electron chi connectivity index (χ3n) is 5.72. The number of aliphatic imine (C=N–C) groups is 1. The highest BCUT2D eigenvalue weighted by Crippen LogP contribution is 2.12. The number of nitrogens with one attached hydrogen (secondary N) is 1. The number of hydrogen-bond donors (Lipinski definition) is 1. The second-order valence-corrected chi connectivity index (χ2v) is 9.39. The predicted octanol–water partition coefficient (Wildman–Crippen LogP) is 1.31. The number of amides is 1. The average molecular weight is 450 g/mol. The number of hydrogen-bond acceptors (Lipinski definition) is 7. The van der Waals surface area contributed by atoms with Crippen LogP contribution in [0.15, 0.2) is 21.8 Å². The first kappa shape index (κ1) is 24.3. The summed E-state index contributed by atoms with van der Waals surface area (Å²) in [6.07, 6.45) is 2.46. The second kappa shape index (κ2) is 11.5. The molecular formula is C22H39N7O3. The van der Waals surface area contributed by atoms with E-state index in [2.05, 4.69) is 30.2 Å². The van der Waals surface area contributed by atoms with Crippen LogP contribution >= 0.6 is 0 Å². The van der Waals surface area contributed by atoms with Crippen LogP contribution in [0.4, 0.5) is 4.79 Å². The summed E-state index contributed by atoms with van der Waals surface area (Å²) in [5.74, 6) is 0.973. The van der Waals surface area contributed by atoms with Gasteiger partial charge in [0.1, 0.15) is 11.9 Å². The quantitative estimate of drug-likeness (QED) is 0.395. The Kier molecular flexibility index (Phi) is 8.75. The fourth-order valence-corrected chi connectivity index (χ4v) is 3.98. The van der Waals surface area contributed by atoms with E-state index < -0.39 is 5.60 Å². The summed E-state index contributed by atoms with van der Waals surface area (Å²) in [4.78, 5) is 25.6. The maximum absolute atomic E-state index is 12.2. The molecule has 10 nitrogen and oxygen atoms in total. The van der Waals surface area contributed by atoms with Crippen molar-refractivity contribution in [1.82, 2.24) is 30.1 Å². The van der Waals surface area contributed by atoms with Gasteiger partial charge in [-0.15, -0.1) is 0 Å². The first-order valence-electron chi connectivity index (χ1n) is 11.6. The van der Waals surface area contributed by atoms with E-state index in [0.717, 1.165) is 90.1 Å². The third kappa shape index (κ3) is 7.67. The van der Waals surface area contributed by atoms with Gasteiger partial charge in [-0.2, -0.15) is 0 Å². The van der Waals surface area contributed by atoms with Crippen LogP contribution in [0.1, 0.15) is 32.9 Å². The molecule has 0 spiro atoms. The van der Waals surface area contributed by atoms with Crippen LogP contribution in [-0.4, -0.2) is 115 Å². The fourth-order valence-electron chi connectivity index (χ4n) is 3.98. The molecule has 1 N–H and O–H groups in total. The van der Waals surface area contributed by atoms with Gasteiger partial charge >= 0.3 is 6.09 Å². The van der Waals surface area contributed by atoms with Gasteiger partial charge in [0.05, 0.1) is 5.69 Å². The first-order chi connectivity index (χ1) is 15.3. The SMILES string of the molecule is CN=C(NCCCN1CCN(C(=O)OC(C)(C)C)CC1)N1CCN(Cc2ccon2)CC1. The van der Waals surface area contributed by atoms with Gasteiger partial charge < -0.3 is 24.4 Å². The summed E-state index contributed by atoms with van der Waals surface area (Å²) in [7, 11) is 1.85. The molecule has 32 heavy (non-hydrogen) atoms. The van der Waals surface area contributed by atoms with Gasteiger partial charge in [0.2, 0.25) is 0 Å². The molecule has 2 aliphatic rings. The fraction of sp³-hybridized carbons (Fsp3) is 0.773. The molecule has 2 saturated heterocycles. The Morgan fingerprint density at radius 2 is 1.75 bits per heavy atom. The van der Waals surface area contributed by atoms with Crippen molar-refractivity contribution < 1.29 is 14.1 Å². The standard InChI is InChI=1S/C22H39N7O3/c1-22(2,3)32-21(30)29-15-9-26(10-16-29)8-5-7-24-20(23-4)28-13-11-27(12-14-28)18-19-6-17-31-25-19/h6,17H,5,7-16,18H2,1-4H3,(H,23,24). The minimum absolute atomic E-state index is 0.205. The molecule has 180 valence electrons. The number of carbonyl (C=O) groups is 1. The zero-order chi connectivity index (χ0) is 23.0. The van der Waals surface area contributed by atoms with Crippen molar-refractivity contribution in [2.24, 2.45) is 4.99 Å². The molecule has 2 aliphatic heterocycles. The van der Waals surface area contributed by atoms with E-state index in [9.17, 15) is 4.79 Å². The summed E-state index contributed by atoms with van der Waals surface area (Å²) >= 11 is 0. The highest BCUT2D eigenvalue weighted by molar-refractivity contribution is 5.80. The molecule has 1 aromatic heterocycles. The lowest BCUT2D eigenvalue weighted by molar-refractivity contribution is 0.0145. The maximum atomic E-state index is 12.2. The van der Waals surface area contributed by atoms with Crippen LogP contribution in [0.2, 0.25) is 0 Å². The molecule has 0 bridgehead atoms. The van der Waals surface area contributed by atoms with Gasteiger partial charge in [-0.05, 0) is 33.7 Å². The highest BCUT2D eigenvalue weighted by atomic mass is 16.6. The molecule has 1 amide bonds. The average Bonchev–Trinajstić information content (AvgIpc) is 3.27. The van der Waals surface area contributed by atoms with Gasteiger partial charge in [0.25, 0.3) is 0 Å². The monoisotopic (exact) mass is 449 g/mol. The lowest BCUT2D eigenvalue weighted by Crippen LogP contribution is -2.52. The molecule has 3 heterocycles. The summed E-state index contributed by atoms with van der Waals surface area (Å²) in [6.45, 7) is 15.5. The van der Waals surface area contributed by atoms with Crippen molar-refractivity contribution in [1.29, 1.82) is 0 Å². The topological polar surface area (TPSA) is 89.7 Å². The highest BCUT2D eigenvalue weighted by Gasteiger charge is 2.25. The summed E-state index contributed by atoms with van der Waals surface area (Å²) in [5.41, 5.74) is 0.537. The van der Waals surface area contributed by atoms with Crippen LogP contribution < -0.4 is 5.32 Å². The van der Waals surface area contributed by atoms with Crippen molar-refractivity contribution in [3.05, 3.63) is 18.0 Å². The van der Waals surface area contributed by atoms with E-state index >= 15 is 0 Å². The van der Waals surface area contributed by atoms with Crippen molar-refractivity contribution >= 4 is 12.1 Å². The van der Waals surface area contributed by atoms with E-state index in [-0.39, 0.29) is 6.09 Å². The van der Waals surface area contributed by atoms with Gasteiger partial charge in [-0.3, -0.25) is 14.8 Å². The summed E-state index contributed by atoms with van der Waals surface area (Å²) < 4.78 is 10.4. The van der Waals surface area contributed by atoms with E-state index in [1.807, 2.05) is 38.8 Å². The number of ether oxygens (including phenoxy) is 1. The first-order valence-corrected chi connectivity index (χ1v) is 11.6. The largest absolute Gasteiger partial charge is 0.444 e. The van der Waals surface area contributed by atoms with Crippen LogP contribution in [-0.2, 0) is 11.3 Å². The number of carbonyl (C=O) groups excluding carboxylic acids is 1. The number of piperazine rings is 2. The van der Waals surface area contributed by atoms with Crippen LogP contribution in [0, 0.1) is 0 Å². The Balaban J connectivity index is 1.29. The third-order valence-corrected chi connectivity index (χ3v) is 5.72. The van der Waals surface area contributed by atoms with Gasteiger partial charge in [-0.25, -0.2) is 4.79 Å². The Morgan fingerprint density at radius 1 is 1.09 bits per heavy atom. The number of rotatable bonds is 6. The van der Waals surface area contributed by atoms with Gasteiger partial charge in [-0.1, -0.05) is 5.16 Å². The number of aromatic nitrogens is 1. The smallest absolute Gasteiger partial charge is 0.410 e. The predicted molar refractivity (Wildman–Crippen MR) is 124 cm³/mol. The zero-order valence-corrected chi connectivity index (χ0v) is 20.0. The normalized spacial score (nSPS) is 19.3. The molecule has 0 saturated carbocycles. The van der Waals surface area contributed by atoms with E-state index in [0.29, 0.717) is 0 Å². The van der Waals surface area contributed by atoms with Crippen molar-refractivity contribution in [3.8, 4) is 0 Å². The van der Waals surface area contributed by atoms with Crippen LogP contribution in [0.25, 0.3) is 0 Å². The number of nitrogens with zero attached hydrogens (tertiary/aromatic N) is 6. The number of guanidine groups is 1. The molecule has 0 aromatic carbocycles. The molecule has 10 heteroatoms. The molecular weight excluding hydrogens is 410 g/mol. The Hall–Kier alpha value is -2.33. The van der Waals surface area contributed by atoms with Crippen molar-refractivity contribution in [2.75, 3.05) is 72.5 Å². The van der Waals surface area contributed by atoms with Gasteiger partial charge in [0, 0.05) is 78.6 Å². The Bertz CT molecular complexity index is 716. The molecule has 0 aliphatic carbocycles. The summed E-state index contributed by atoms with van der Waals surface area (Å²) in [5, 5.41) is 7.51. The minimum atomic E-state index is -0.442. The van der Waals surface area contributed by atoms with Crippen molar-refractivity contribution in [2.45, 2.75) is 39.3 Å². The van der Waals surface area contributed by atoms with Crippen LogP contribution in [0.3, 0.4) is 0 Å². The molecule has 0 radical (unpaired) electrons. The van der Waals surface area contributed by atoms with E-state index in [4.69, 9.17) is 9.26 Å². The molecule has 0 atom stereocenters. The van der Waals surface area contributed by atoms with Crippen LogP contribution in [0.5, 0.6) is 0 Å². The lowest BCUT2D eigenvalue weighted by atomic mass is 10.2. The second-order valence-electron chi connectivity index (χ2n) is 9.39. The molecule has 0 unspecified atom stereocenters. The minimum Gasteiger partial charge on any atom is -0.444 e. The maximum Gasteiger partial charge on any atom is 0.410 e. The van der Waals surface area contributed by atoms with E-state index in [1.54, 1.807) is 6.26 Å². The molecule has 3 rings (SSSR count). The Morgan fingerprint density at radius 3 is 2.34 bits per heavy atom. The zero-order valence-electron chi connectivity index (χ0n) is 20.0. The molecule has 2 fully saturated rings.